The minimum absolute atomic E-state index is 0.0407. The average Bonchev–Trinajstić information content (AvgIpc) is 2.80. The highest BCUT2D eigenvalue weighted by atomic mass is 32.1. The van der Waals surface area contributed by atoms with E-state index in [0.29, 0.717) is 5.82 Å². The van der Waals surface area contributed by atoms with Crippen molar-refractivity contribution in [3.05, 3.63) is 48.3 Å². The molecule has 0 atom stereocenters. The van der Waals surface area contributed by atoms with E-state index in [-0.39, 0.29) is 23.1 Å². The number of benzene rings is 1. The molecule has 0 spiro atoms. The number of hydrogen-bond donors (Lipinski definition) is 2. The molecule has 1 amide bonds. The zero-order valence-electron chi connectivity index (χ0n) is 9.84. The summed E-state index contributed by atoms with van der Waals surface area (Å²) in [5.41, 5.74) is 5.60. The molecule has 0 radical (unpaired) electrons. The lowest BCUT2D eigenvalue weighted by Crippen LogP contribution is -2.23. The van der Waals surface area contributed by atoms with Gasteiger partial charge in [-0.25, -0.2) is 9.37 Å². The van der Waals surface area contributed by atoms with Crippen LogP contribution in [0.3, 0.4) is 0 Å². The zero-order chi connectivity index (χ0) is 13.8. The van der Waals surface area contributed by atoms with Gasteiger partial charge in [0.2, 0.25) is 5.91 Å². The standard InChI is InChI=1S/C12H11FN4OS/c13-8-3-1-2-4-9(8)16-10(18)7-17-6-5-15-12(17)11(14)19/h1-6H,7H2,(H2,14,19)(H,16,18). The Morgan fingerprint density at radius 1 is 1.47 bits per heavy atom. The van der Waals surface area contributed by atoms with Gasteiger partial charge in [-0.2, -0.15) is 0 Å². The van der Waals surface area contributed by atoms with Gasteiger partial charge < -0.3 is 15.6 Å². The molecule has 3 N–H and O–H groups in total. The molecule has 0 saturated heterocycles. The molecule has 0 aliphatic carbocycles. The van der Waals surface area contributed by atoms with Crippen LogP contribution in [0.25, 0.3) is 0 Å². The summed E-state index contributed by atoms with van der Waals surface area (Å²) in [6.45, 7) is -0.0407. The first-order valence-corrected chi connectivity index (χ1v) is 5.84. The summed E-state index contributed by atoms with van der Waals surface area (Å²) >= 11 is 4.81. The van der Waals surface area contributed by atoms with Gasteiger partial charge in [0.1, 0.15) is 17.4 Å². The van der Waals surface area contributed by atoms with Crippen molar-refractivity contribution < 1.29 is 9.18 Å². The van der Waals surface area contributed by atoms with Crippen LogP contribution in [0.2, 0.25) is 0 Å². The molecule has 1 heterocycles. The SMILES string of the molecule is NC(=S)c1nccn1CC(=O)Nc1ccccc1F. The Kier molecular flexibility index (Phi) is 3.86. The van der Waals surface area contributed by atoms with Gasteiger partial charge in [-0.15, -0.1) is 0 Å². The molecule has 1 aromatic heterocycles. The van der Waals surface area contributed by atoms with Crippen molar-refractivity contribution >= 4 is 28.8 Å². The smallest absolute Gasteiger partial charge is 0.244 e. The topological polar surface area (TPSA) is 72.9 Å². The fraction of sp³-hybridized carbons (Fsp3) is 0.0833. The Labute approximate surface area is 114 Å². The number of hydrogen-bond acceptors (Lipinski definition) is 3. The number of carbonyl (C=O) groups is 1. The summed E-state index contributed by atoms with van der Waals surface area (Å²) in [6.07, 6.45) is 3.07. The van der Waals surface area contributed by atoms with Crippen LogP contribution >= 0.6 is 12.2 Å². The van der Waals surface area contributed by atoms with Crippen LogP contribution in [0.5, 0.6) is 0 Å². The monoisotopic (exact) mass is 278 g/mol. The second-order valence-electron chi connectivity index (χ2n) is 3.77. The Hall–Kier alpha value is -2.28. The third kappa shape index (κ3) is 3.14. The lowest BCUT2D eigenvalue weighted by Gasteiger charge is -2.08. The van der Waals surface area contributed by atoms with Gasteiger partial charge in [0.15, 0.2) is 5.82 Å². The quantitative estimate of drug-likeness (QED) is 0.827. The van der Waals surface area contributed by atoms with Gasteiger partial charge in [0.05, 0.1) is 5.69 Å². The number of nitrogens with zero attached hydrogens (tertiary/aromatic N) is 2. The summed E-state index contributed by atoms with van der Waals surface area (Å²) in [5, 5.41) is 2.47. The predicted octanol–water partition coefficient (Wildman–Crippen LogP) is 1.30. The highest BCUT2D eigenvalue weighted by Gasteiger charge is 2.11. The molecule has 98 valence electrons. The van der Waals surface area contributed by atoms with E-state index in [4.69, 9.17) is 18.0 Å². The van der Waals surface area contributed by atoms with Crippen molar-refractivity contribution in [2.45, 2.75) is 6.54 Å². The predicted molar refractivity (Wildman–Crippen MR) is 73.1 cm³/mol. The average molecular weight is 278 g/mol. The number of para-hydroxylation sites is 1. The number of halogens is 1. The van der Waals surface area contributed by atoms with Crippen molar-refractivity contribution in [3.63, 3.8) is 0 Å². The van der Waals surface area contributed by atoms with E-state index in [0.717, 1.165) is 0 Å². The summed E-state index contributed by atoms with van der Waals surface area (Å²) in [6, 6.07) is 5.94. The Morgan fingerprint density at radius 2 is 2.21 bits per heavy atom. The number of nitrogens with two attached hydrogens (primary N) is 1. The van der Waals surface area contributed by atoms with E-state index in [1.54, 1.807) is 18.3 Å². The van der Waals surface area contributed by atoms with Crippen LogP contribution in [0.4, 0.5) is 10.1 Å². The van der Waals surface area contributed by atoms with E-state index in [1.807, 2.05) is 0 Å². The highest BCUT2D eigenvalue weighted by Crippen LogP contribution is 2.12. The normalized spacial score (nSPS) is 10.2. The fourth-order valence-corrected chi connectivity index (χ4v) is 1.74. The van der Waals surface area contributed by atoms with E-state index in [1.165, 1.54) is 22.9 Å². The molecule has 7 heteroatoms. The van der Waals surface area contributed by atoms with Crippen LogP contribution in [0, 0.1) is 5.82 Å². The summed E-state index contributed by atoms with van der Waals surface area (Å²) < 4.78 is 14.9. The molecule has 1 aromatic carbocycles. The van der Waals surface area contributed by atoms with Crippen LogP contribution in [0.1, 0.15) is 5.82 Å². The maximum absolute atomic E-state index is 13.4. The Bertz CT molecular complexity index is 626. The number of carbonyl (C=O) groups excluding carboxylic acids is 1. The van der Waals surface area contributed by atoms with E-state index in [9.17, 15) is 9.18 Å². The van der Waals surface area contributed by atoms with Crippen molar-refractivity contribution in [2.75, 3.05) is 5.32 Å². The third-order valence-electron chi connectivity index (χ3n) is 2.40. The second kappa shape index (κ2) is 5.57. The first kappa shape index (κ1) is 13.2. The molecular formula is C12H11FN4OS. The number of anilines is 1. The Balaban J connectivity index is 2.08. The number of imidazole rings is 1. The number of nitrogens with one attached hydrogen (secondary N) is 1. The third-order valence-corrected chi connectivity index (χ3v) is 2.58. The maximum atomic E-state index is 13.4. The number of thiocarbonyl (C=S) groups is 1. The highest BCUT2D eigenvalue weighted by molar-refractivity contribution is 7.80. The first-order valence-electron chi connectivity index (χ1n) is 5.43. The molecule has 0 aliphatic rings. The van der Waals surface area contributed by atoms with Crippen LogP contribution in [-0.4, -0.2) is 20.4 Å². The van der Waals surface area contributed by atoms with Gasteiger partial charge in [-0.3, -0.25) is 4.79 Å². The lowest BCUT2D eigenvalue weighted by atomic mass is 10.3. The van der Waals surface area contributed by atoms with Crippen LogP contribution in [-0.2, 0) is 11.3 Å². The molecular weight excluding hydrogens is 267 g/mol. The van der Waals surface area contributed by atoms with Gasteiger partial charge in [0, 0.05) is 12.4 Å². The lowest BCUT2D eigenvalue weighted by molar-refractivity contribution is -0.116. The van der Waals surface area contributed by atoms with Crippen LogP contribution < -0.4 is 11.1 Å². The second-order valence-corrected chi connectivity index (χ2v) is 4.21. The van der Waals surface area contributed by atoms with Gasteiger partial charge in [0.25, 0.3) is 0 Å². The number of rotatable bonds is 4. The van der Waals surface area contributed by atoms with Gasteiger partial charge in [-0.05, 0) is 12.1 Å². The molecule has 2 aromatic rings. The number of amides is 1. The van der Waals surface area contributed by atoms with Crippen molar-refractivity contribution in [1.82, 2.24) is 9.55 Å². The van der Waals surface area contributed by atoms with E-state index < -0.39 is 5.82 Å². The largest absolute Gasteiger partial charge is 0.387 e. The van der Waals surface area contributed by atoms with E-state index >= 15 is 0 Å². The summed E-state index contributed by atoms with van der Waals surface area (Å²) in [5.74, 6) is -0.532. The number of aromatic nitrogens is 2. The molecule has 0 unspecified atom stereocenters. The minimum Gasteiger partial charge on any atom is -0.387 e. The van der Waals surface area contributed by atoms with Crippen molar-refractivity contribution in [2.24, 2.45) is 5.73 Å². The minimum atomic E-state index is -0.490. The van der Waals surface area contributed by atoms with Crippen LogP contribution in [0.15, 0.2) is 36.7 Å². The van der Waals surface area contributed by atoms with Crippen molar-refractivity contribution in [3.8, 4) is 0 Å². The fourth-order valence-electron chi connectivity index (χ4n) is 1.57. The molecule has 2 rings (SSSR count). The van der Waals surface area contributed by atoms with Gasteiger partial charge >= 0.3 is 0 Å². The van der Waals surface area contributed by atoms with E-state index in [2.05, 4.69) is 10.3 Å². The summed E-state index contributed by atoms with van der Waals surface area (Å²) in [4.78, 5) is 15.8. The molecule has 19 heavy (non-hydrogen) atoms. The molecule has 0 bridgehead atoms. The maximum Gasteiger partial charge on any atom is 0.244 e. The summed E-state index contributed by atoms with van der Waals surface area (Å²) in [7, 11) is 0. The molecule has 0 aliphatic heterocycles. The molecule has 5 nitrogen and oxygen atoms in total. The van der Waals surface area contributed by atoms with Crippen molar-refractivity contribution in [1.29, 1.82) is 0 Å². The Morgan fingerprint density at radius 3 is 2.89 bits per heavy atom. The first-order chi connectivity index (χ1) is 9.08. The zero-order valence-corrected chi connectivity index (χ0v) is 10.7. The van der Waals surface area contributed by atoms with Gasteiger partial charge in [-0.1, -0.05) is 24.4 Å². The molecule has 0 saturated carbocycles. The molecule has 0 fully saturated rings.